The number of benzene rings is 1. The van der Waals surface area contributed by atoms with E-state index in [-0.39, 0.29) is 11.8 Å². The van der Waals surface area contributed by atoms with E-state index >= 15 is 0 Å². The lowest BCUT2D eigenvalue weighted by Gasteiger charge is -2.15. The summed E-state index contributed by atoms with van der Waals surface area (Å²) < 4.78 is 0. The number of hydrogen-bond donors (Lipinski definition) is 1. The van der Waals surface area contributed by atoms with E-state index in [1.807, 2.05) is 0 Å². The van der Waals surface area contributed by atoms with Gasteiger partial charge in [-0.25, -0.2) is 0 Å². The van der Waals surface area contributed by atoms with Crippen molar-refractivity contribution < 1.29 is 4.79 Å². The number of rotatable bonds is 4. The lowest BCUT2D eigenvalue weighted by Crippen LogP contribution is -2.21. The van der Waals surface area contributed by atoms with Crippen LogP contribution in [0.4, 0.5) is 5.69 Å². The fourth-order valence-electron chi connectivity index (χ4n) is 4.07. The highest BCUT2D eigenvalue weighted by Gasteiger charge is 2.47. The molecule has 112 valence electrons. The fourth-order valence-corrected chi connectivity index (χ4v) is 4.07. The summed E-state index contributed by atoms with van der Waals surface area (Å²) in [6.45, 7) is 3.49. The summed E-state index contributed by atoms with van der Waals surface area (Å²) in [7, 11) is 0. The first-order valence-corrected chi connectivity index (χ1v) is 8.40. The number of likely N-dealkylation sites (tertiary alicyclic amines) is 1. The normalized spacial score (nSPS) is 31.1. The van der Waals surface area contributed by atoms with E-state index in [2.05, 4.69) is 34.5 Å². The third-order valence-electron chi connectivity index (χ3n) is 5.44. The van der Waals surface area contributed by atoms with Crippen molar-refractivity contribution in [2.45, 2.75) is 38.6 Å². The first-order valence-electron chi connectivity index (χ1n) is 8.40. The van der Waals surface area contributed by atoms with Crippen LogP contribution in [-0.2, 0) is 11.3 Å². The Kier molecular flexibility index (Phi) is 3.46. The SMILES string of the molecule is O=C(Nc1ccc(CN2CCCC2)cc1)C1CC2CC2C1. The number of fused-ring (bicyclic) bond motifs is 1. The van der Waals surface area contributed by atoms with E-state index in [0.29, 0.717) is 0 Å². The molecule has 3 nitrogen and oxygen atoms in total. The third-order valence-corrected chi connectivity index (χ3v) is 5.44. The van der Waals surface area contributed by atoms with Crippen LogP contribution in [0.3, 0.4) is 0 Å². The molecular formula is C18H24N2O. The topological polar surface area (TPSA) is 32.3 Å². The Labute approximate surface area is 126 Å². The lowest BCUT2D eigenvalue weighted by atomic mass is 10.0. The first kappa shape index (κ1) is 13.3. The number of nitrogens with zero attached hydrogens (tertiary/aromatic N) is 1. The Balaban J connectivity index is 1.31. The molecular weight excluding hydrogens is 260 g/mol. The average molecular weight is 284 g/mol. The minimum Gasteiger partial charge on any atom is -0.326 e. The number of carbonyl (C=O) groups is 1. The van der Waals surface area contributed by atoms with Gasteiger partial charge in [-0.05, 0) is 74.7 Å². The number of hydrogen-bond acceptors (Lipinski definition) is 2. The maximum Gasteiger partial charge on any atom is 0.227 e. The van der Waals surface area contributed by atoms with Gasteiger partial charge in [-0.15, -0.1) is 0 Å². The molecule has 2 saturated carbocycles. The molecule has 1 aliphatic heterocycles. The van der Waals surface area contributed by atoms with Gasteiger partial charge in [0.15, 0.2) is 0 Å². The largest absolute Gasteiger partial charge is 0.326 e. The van der Waals surface area contributed by atoms with Crippen molar-refractivity contribution in [1.29, 1.82) is 0 Å². The van der Waals surface area contributed by atoms with Crippen molar-refractivity contribution in [2.75, 3.05) is 18.4 Å². The van der Waals surface area contributed by atoms with E-state index in [0.717, 1.165) is 36.9 Å². The number of nitrogens with one attached hydrogen (secondary N) is 1. The van der Waals surface area contributed by atoms with Gasteiger partial charge in [0.1, 0.15) is 0 Å². The molecule has 1 amide bonds. The van der Waals surface area contributed by atoms with Crippen LogP contribution < -0.4 is 5.32 Å². The summed E-state index contributed by atoms with van der Waals surface area (Å²) >= 11 is 0. The third kappa shape index (κ3) is 2.98. The van der Waals surface area contributed by atoms with Gasteiger partial charge < -0.3 is 5.32 Å². The van der Waals surface area contributed by atoms with Crippen LogP contribution in [0.5, 0.6) is 0 Å². The molecule has 2 unspecified atom stereocenters. The quantitative estimate of drug-likeness (QED) is 0.920. The Bertz CT molecular complexity index is 509. The Morgan fingerprint density at radius 3 is 2.38 bits per heavy atom. The monoisotopic (exact) mass is 284 g/mol. The Hall–Kier alpha value is -1.35. The van der Waals surface area contributed by atoms with Gasteiger partial charge in [0.05, 0.1) is 0 Å². The van der Waals surface area contributed by atoms with Crippen LogP contribution in [0, 0.1) is 17.8 Å². The first-order chi connectivity index (χ1) is 10.3. The molecule has 0 aromatic heterocycles. The average Bonchev–Trinajstić information content (AvgIpc) is 2.92. The number of anilines is 1. The molecule has 3 fully saturated rings. The highest BCUT2D eigenvalue weighted by molar-refractivity contribution is 5.92. The van der Waals surface area contributed by atoms with Gasteiger partial charge in [-0.3, -0.25) is 9.69 Å². The molecule has 1 aromatic rings. The Morgan fingerprint density at radius 1 is 1.05 bits per heavy atom. The Morgan fingerprint density at radius 2 is 1.71 bits per heavy atom. The molecule has 1 N–H and O–H groups in total. The van der Waals surface area contributed by atoms with Crippen molar-refractivity contribution in [2.24, 2.45) is 17.8 Å². The van der Waals surface area contributed by atoms with Gasteiger partial charge in [0.2, 0.25) is 5.91 Å². The van der Waals surface area contributed by atoms with Crippen molar-refractivity contribution in [3.8, 4) is 0 Å². The van der Waals surface area contributed by atoms with E-state index < -0.39 is 0 Å². The van der Waals surface area contributed by atoms with Gasteiger partial charge in [0, 0.05) is 18.2 Å². The zero-order valence-corrected chi connectivity index (χ0v) is 12.6. The molecule has 2 atom stereocenters. The summed E-state index contributed by atoms with van der Waals surface area (Å²) in [6, 6.07) is 8.41. The van der Waals surface area contributed by atoms with Crippen molar-refractivity contribution >= 4 is 11.6 Å². The van der Waals surface area contributed by atoms with Gasteiger partial charge in [-0.1, -0.05) is 12.1 Å². The van der Waals surface area contributed by atoms with Crippen LogP contribution in [0.1, 0.15) is 37.7 Å². The van der Waals surface area contributed by atoms with E-state index in [1.54, 1.807) is 0 Å². The maximum atomic E-state index is 12.2. The molecule has 3 aliphatic rings. The summed E-state index contributed by atoms with van der Waals surface area (Å²) in [6.07, 6.45) is 6.26. The molecule has 1 aromatic carbocycles. The fraction of sp³-hybridized carbons (Fsp3) is 0.611. The summed E-state index contributed by atoms with van der Waals surface area (Å²) in [4.78, 5) is 14.7. The molecule has 1 heterocycles. The predicted molar refractivity (Wildman–Crippen MR) is 83.9 cm³/mol. The highest BCUT2D eigenvalue weighted by Crippen LogP contribution is 2.54. The molecule has 4 rings (SSSR count). The molecule has 1 saturated heterocycles. The minimum absolute atomic E-state index is 0.231. The van der Waals surface area contributed by atoms with E-state index in [4.69, 9.17) is 0 Å². The summed E-state index contributed by atoms with van der Waals surface area (Å²) in [5.74, 6) is 2.22. The second-order valence-corrected chi connectivity index (χ2v) is 7.09. The second kappa shape index (κ2) is 5.45. The van der Waals surface area contributed by atoms with E-state index in [1.165, 1.54) is 37.9 Å². The van der Waals surface area contributed by atoms with Gasteiger partial charge in [-0.2, -0.15) is 0 Å². The molecule has 2 aliphatic carbocycles. The summed E-state index contributed by atoms with van der Waals surface area (Å²) in [5, 5.41) is 3.09. The molecule has 3 heteroatoms. The minimum atomic E-state index is 0.231. The van der Waals surface area contributed by atoms with Crippen LogP contribution in [-0.4, -0.2) is 23.9 Å². The van der Waals surface area contributed by atoms with Gasteiger partial charge >= 0.3 is 0 Å². The molecule has 0 spiro atoms. The van der Waals surface area contributed by atoms with Crippen molar-refractivity contribution in [3.05, 3.63) is 29.8 Å². The van der Waals surface area contributed by atoms with Gasteiger partial charge in [0.25, 0.3) is 0 Å². The molecule has 0 radical (unpaired) electrons. The second-order valence-electron chi connectivity index (χ2n) is 7.09. The standard InChI is InChI=1S/C18H24N2O/c21-18(16-10-14-9-15(14)11-16)19-17-5-3-13(4-6-17)12-20-7-1-2-8-20/h3-6,14-16H,1-2,7-12H2,(H,19,21). The lowest BCUT2D eigenvalue weighted by molar-refractivity contribution is -0.120. The zero-order valence-electron chi connectivity index (χ0n) is 12.6. The predicted octanol–water partition coefficient (Wildman–Crippen LogP) is 3.27. The van der Waals surface area contributed by atoms with Crippen LogP contribution >= 0.6 is 0 Å². The summed E-state index contributed by atoms with van der Waals surface area (Å²) in [5.41, 5.74) is 2.29. The number of carbonyl (C=O) groups excluding carboxylic acids is 1. The van der Waals surface area contributed by atoms with Crippen LogP contribution in [0.25, 0.3) is 0 Å². The smallest absolute Gasteiger partial charge is 0.227 e. The highest BCUT2D eigenvalue weighted by atomic mass is 16.1. The van der Waals surface area contributed by atoms with Crippen molar-refractivity contribution in [3.63, 3.8) is 0 Å². The van der Waals surface area contributed by atoms with Crippen LogP contribution in [0.15, 0.2) is 24.3 Å². The maximum absolute atomic E-state index is 12.2. The molecule has 0 bridgehead atoms. The van der Waals surface area contributed by atoms with Crippen molar-refractivity contribution in [1.82, 2.24) is 4.90 Å². The van der Waals surface area contributed by atoms with E-state index in [9.17, 15) is 4.79 Å². The van der Waals surface area contributed by atoms with Crippen LogP contribution in [0.2, 0.25) is 0 Å². The zero-order chi connectivity index (χ0) is 14.2. The molecule has 21 heavy (non-hydrogen) atoms. The number of amides is 1.